The Bertz CT molecular complexity index is 241. The van der Waals surface area contributed by atoms with Crippen LogP contribution in [0.4, 0.5) is 0 Å². The first-order valence-electron chi connectivity index (χ1n) is 8.06. The molecule has 1 unspecified atom stereocenters. The van der Waals surface area contributed by atoms with Crippen LogP contribution < -0.4 is 5.32 Å². The van der Waals surface area contributed by atoms with E-state index in [9.17, 15) is 5.11 Å². The summed E-state index contributed by atoms with van der Waals surface area (Å²) < 4.78 is 0. The van der Waals surface area contributed by atoms with Crippen molar-refractivity contribution in [1.29, 1.82) is 0 Å². The Morgan fingerprint density at radius 2 is 1.95 bits per heavy atom. The molecule has 0 aliphatic heterocycles. The van der Waals surface area contributed by atoms with E-state index in [-0.39, 0.29) is 6.10 Å². The molecule has 1 rings (SSSR count). The second-order valence-electron chi connectivity index (χ2n) is 6.93. The van der Waals surface area contributed by atoms with Crippen LogP contribution in [0.25, 0.3) is 0 Å². The fraction of sp³-hybridized carbons (Fsp3) is 1.00. The molecule has 1 saturated carbocycles. The molecule has 0 aromatic carbocycles. The molecule has 1 aliphatic carbocycles. The summed E-state index contributed by atoms with van der Waals surface area (Å²) in [4.78, 5) is 2.47. The average Bonchev–Trinajstić information content (AvgIpc) is 2.27. The fourth-order valence-corrected chi connectivity index (χ4v) is 3.40. The van der Waals surface area contributed by atoms with Crippen molar-refractivity contribution in [2.75, 3.05) is 33.2 Å². The molecule has 2 N–H and O–H groups in total. The molecule has 0 spiro atoms. The van der Waals surface area contributed by atoms with E-state index in [0.717, 1.165) is 44.9 Å². The Morgan fingerprint density at radius 3 is 2.47 bits per heavy atom. The molecule has 1 atom stereocenters. The van der Waals surface area contributed by atoms with Crippen molar-refractivity contribution < 1.29 is 5.11 Å². The summed E-state index contributed by atoms with van der Waals surface area (Å²) in [6.07, 6.45) is 5.72. The highest BCUT2D eigenvalue weighted by Gasteiger charge is 2.30. The predicted octanol–water partition coefficient (Wildman–Crippen LogP) is 2.50. The van der Waals surface area contributed by atoms with Crippen molar-refractivity contribution >= 4 is 0 Å². The van der Waals surface area contributed by atoms with Crippen molar-refractivity contribution in [2.24, 2.45) is 11.3 Å². The summed E-state index contributed by atoms with van der Waals surface area (Å²) in [6.45, 7) is 11.4. The van der Waals surface area contributed by atoms with Gasteiger partial charge in [-0.3, -0.25) is 0 Å². The van der Waals surface area contributed by atoms with Gasteiger partial charge in [0.2, 0.25) is 0 Å². The lowest BCUT2D eigenvalue weighted by molar-refractivity contribution is 0.0220. The van der Waals surface area contributed by atoms with Crippen molar-refractivity contribution in [3.8, 4) is 0 Å². The largest absolute Gasteiger partial charge is 0.393 e. The smallest absolute Gasteiger partial charge is 0.0546 e. The Balaban J connectivity index is 2.33. The third-order valence-corrected chi connectivity index (χ3v) is 4.26. The van der Waals surface area contributed by atoms with Gasteiger partial charge in [0.15, 0.2) is 0 Å². The van der Waals surface area contributed by atoms with E-state index < -0.39 is 0 Å². The lowest BCUT2D eigenvalue weighted by Gasteiger charge is -2.39. The van der Waals surface area contributed by atoms with Gasteiger partial charge in [0.25, 0.3) is 0 Å². The molecule has 0 heterocycles. The van der Waals surface area contributed by atoms with E-state index in [1.54, 1.807) is 0 Å². The maximum atomic E-state index is 9.36. The fourth-order valence-electron chi connectivity index (χ4n) is 3.40. The van der Waals surface area contributed by atoms with E-state index in [1.807, 2.05) is 0 Å². The van der Waals surface area contributed by atoms with Gasteiger partial charge >= 0.3 is 0 Å². The molecule has 0 bridgehead atoms. The standard InChI is InChI=1S/C16H34N2O/c1-5-7-16(3,12-17-8-6-2)13-18(4)11-14-9-15(19)10-14/h14-15,17,19H,5-13H2,1-4H3. The molecule has 0 aromatic heterocycles. The van der Waals surface area contributed by atoms with E-state index in [2.05, 4.69) is 38.0 Å². The van der Waals surface area contributed by atoms with Crippen LogP contribution in [0.5, 0.6) is 0 Å². The Hall–Kier alpha value is -0.120. The van der Waals surface area contributed by atoms with Gasteiger partial charge < -0.3 is 15.3 Å². The summed E-state index contributed by atoms with van der Waals surface area (Å²) >= 11 is 0. The van der Waals surface area contributed by atoms with E-state index in [0.29, 0.717) is 5.41 Å². The van der Waals surface area contributed by atoms with Crippen LogP contribution in [0.1, 0.15) is 52.9 Å². The number of hydrogen-bond donors (Lipinski definition) is 2. The molecule has 1 aliphatic rings. The molecule has 0 amide bonds. The van der Waals surface area contributed by atoms with Gasteiger partial charge in [0, 0.05) is 19.6 Å². The van der Waals surface area contributed by atoms with Gasteiger partial charge in [-0.1, -0.05) is 27.2 Å². The van der Waals surface area contributed by atoms with Crippen LogP contribution in [0.15, 0.2) is 0 Å². The van der Waals surface area contributed by atoms with Crippen molar-refractivity contribution in [3.05, 3.63) is 0 Å². The number of aliphatic hydroxyl groups excluding tert-OH is 1. The quantitative estimate of drug-likeness (QED) is 0.599. The third kappa shape index (κ3) is 6.24. The molecule has 114 valence electrons. The summed E-state index contributed by atoms with van der Waals surface area (Å²) in [5.74, 6) is 0.717. The number of aliphatic hydroxyl groups is 1. The molecule has 1 fully saturated rings. The highest BCUT2D eigenvalue weighted by atomic mass is 16.3. The first-order chi connectivity index (χ1) is 8.99. The minimum Gasteiger partial charge on any atom is -0.393 e. The third-order valence-electron chi connectivity index (χ3n) is 4.26. The summed E-state index contributed by atoms with van der Waals surface area (Å²) in [5, 5.41) is 13.0. The topological polar surface area (TPSA) is 35.5 Å². The molecular weight excluding hydrogens is 236 g/mol. The average molecular weight is 270 g/mol. The van der Waals surface area contributed by atoms with Crippen molar-refractivity contribution in [1.82, 2.24) is 10.2 Å². The zero-order chi connectivity index (χ0) is 14.3. The van der Waals surface area contributed by atoms with Gasteiger partial charge in [-0.25, -0.2) is 0 Å². The van der Waals surface area contributed by atoms with Gasteiger partial charge in [0.1, 0.15) is 0 Å². The van der Waals surface area contributed by atoms with E-state index in [4.69, 9.17) is 0 Å². The highest BCUT2D eigenvalue weighted by molar-refractivity contribution is 4.84. The molecule has 0 aromatic rings. The van der Waals surface area contributed by atoms with Crippen molar-refractivity contribution in [2.45, 2.75) is 59.0 Å². The molecule has 19 heavy (non-hydrogen) atoms. The van der Waals surface area contributed by atoms with Gasteiger partial charge in [0.05, 0.1) is 6.10 Å². The summed E-state index contributed by atoms with van der Waals surface area (Å²) in [6, 6.07) is 0. The monoisotopic (exact) mass is 270 g/mol. The van der Waals surface area contributed by atoms with Gasteiger partial charge in [-0.05, 0) is 50.6 Å². The molecule has 3 nitrogen and oxygen atoms in total. The van der Waals surface area contributed by atoms with Crippen LogP contribution in [0, 0.1) is 11.3 Å². The molecule has 0 radical (unpaired) electrons. The first-order valence-corrected chi connectivity index (χ1v) is 8.06. The number of rotatable bonds is 10. The molecule has 0 saturated heterocycles. The minimum atomic E-state index is -0.0216. The Kier molecular flexibility index (Phi) is 7.33. The van der Waals surface area contributed by atoms with Crippen LogP contribution in [0.2, 0.25) is 0 Å². The Morgan fingerprint density at radius 1 is 1.26 bits per heavy atom. The second-order valence-corrected chi connectivity index (χ2v) is 6.93. The van der Waals surface area contributed by atoms with Crippen molar-refractivity contribution in [3.63, 3.8) is 0 Å². The Labute approximate surface area is 119 Å². The SMILES string of the molecule is CCCNCC(C)(CCC)CN(C)CC1CC(O)C1. The predicted molar refractivity (Wildman–Crippen MR) is 82.4 cm³/mol. The number of nitrogens with one attached hydrogen (secondary N) is 1. The maximum absolute atomic E-state index is 9.36. The van der Waals surface area contributed by atoms with Crippen LogP contribution in [-0.4, -0.2) is 49.3 Å². The van der Waals surface area contributed by atoms with Crippen LogP contribution >= 0.6 is 0 Å². The summed E-state index contributed by atoms with van der Waals surface area (Å²) in [5.41, 5.74) is 0.376. The highest BCUT2D eigenvalue weighted by Crippen LogP contribution is 2.29. The maximum Gasteiger partial charge on any atom is 0.0546 e. The zero-order valence-corrected chi connectivity index (χ0v) is 13.4. The first kappa shape index (κ1) is 16.9. The number of hydrogen-bond acceptors (Lipinski definition) is 3. The van der Waals surface area contributed by atoms with Crippen LogP contribution in [-0.2, 0) is 0 Å². The lowest BCUT2D eigenvalue weighted by Crippen LogP contribution is -2.44. The van der Waals surface area contributed by atoms with E-state index in [1.165, 1.54) is 19.3 Å². The van der Waals surface area contributed by atoms with Gasteiger partial charge in [-0.15, -0.1) is 0 Å². The van der Waals surface area contributed by atoms with Gasteiger partial charge in [-0.2, -0.15) is 0 Å². The minimum absolute atomic E-state index is 0.0216. The van der Waals surface area contributed by atoms with E-state index >= 15 is 0 Å². The molecule has 3 heteroatoms. The zero-order valence-electron chi connectivity index (χ0n) is 13.4. The lowest BCUT2D eigenvalue weighted by atomic mass is 9.81. The molecular formula is C16H34N2O. The summed E-state index contributed by atoms with van der Waals surface area (Å²) in [7, 11) is 2.23. The second kappa shape index (κ2) is 8.23. The van der Waals surface area contributed by atoms with Crippen LogP contribution in [0.3, 0.4) is 0 Å². The normalized spacial score (nSPS) is 26.2. The number of nitrogens with zero attached hydrogens (tertiary/aromatic N) is 1.